The van der Waals surface area contributed by atoms with Crippen LogP contribution >= 0.6 is 0 Å². The predicted molar refractivity (Wildman–Crippen MR) is 231 cm³/mol. The number of hydrogen-bond donors (Lipinski definition) is 3. The molecule has 0 amide bonds. The van der Waals surface area contributed by atoms with Crippen molar-refractivity contribution in [3.63, 3.8) is 0 Å². The maximum Gasteiger partial charge on any atom is 0.131 e. The standard InChI is InChI=1S/C51H38N4/c1-4-16-35(17-5-1)49-53-50(36-18-6-2-7-19-36)55-51(54-49)37-30-28-34(29-31-37)44-33-46-40-23-11-10-20-38(40)32-45(48(46)43-26-13-12-24-41(43)44)42-25-14-15-27-47(42)52-39-21-8-3-9-22-39/h1-33,49-50,52-53H,(H,54,55). The van der Waals surface area contributed by atoms with Crippen molar-refractivity contribution in [3.05, 3.63) is 217 Å². The molecular formula is C51H38N4. The number of aliphatic imine (C=N–C) groups is 1. The van der Waals surface area contributed by atoms with Crippen molar-refractivity contribution in [1.82, 2.24) is 10.6 Å². The van der Waals surface area contributed by atoms with Gasteiger partial charge in [-0.3, -0.25) is 5.32 Å². The maximum atomic E-state index is 5.19. The lowest BCUT2D eigenvalue weighted by molar-refractivity contribution is 0.409. The highest BCUT2D eigenvalue weighted by Gasteiger charge is 2.25. The Morgan fingerprint density at radius 1 is 0.436 bits per heavy atom. The zero-order chi connectivity index (χ0) is 36.6. The van der Waals surface area contributed by atoms with Crippen LogP contribution in [0.3, 0.4) is 0 Å². The first-order valence-corrected chi connectivity index (χ1v) is 18.9. The Balaban J connectivity index is 1.11. The van der Waals surface area contributed by atoms with E-state index >= 15 is 0 Å². The van der Waals surface area contributed by atoms with Gasteiger partial charge in [0, 0.05) is 22.5 Å². The molecule has 0 radical (unpaired) electrons. The van der Waals surface area contributed by atoms with Gasteiger partial charge in [0.25, 0.3) is 0 Å². The van der Waals surface area contributed by atoms with Crippen molar-refractivity contribution >= 4 is 49.5 Å². The number of para-hydroxylation sites is 2. The molecule has 9 aromatic carbocycles. The van der Waals surface area contributed by atoms with Gasteiger partial charge in [-0.05, 0) is 90.5 Å². The van der Waals surface area contributed by atoms with Crippen molar-refractivity contribution in [2.24, 2.45) is 4.99 Å². The minimum Gasteiger partial charge on any atom is -0.355 e. The predicted octanol–water partition coefficient (Wildman–Crippen LogP) is 12.6. The quantitative estimate of drug-likeness (QED) is 0.145. The molecule has 0 spiro atoms. The van der Waals surface area contributed by atoms with Crippen LogP contribution in [0.1, 0.15) is 29.0 Å². The molecule has 262 valence electrons. The molecule has 55 heavy (non-hydrogen) atoms. The topological polar surface area (TPSA) is 48.5 Å². The Labute approximate surface area is 320 Å². The lowest BCUT2D eigenvalue weighted by Gasteiger charge is -2.32. The Hall–Kier alpha value is -7.01. The number of rotatable bonds is 7. The Morgan fingerprint density at radius 3 is 1.80 bits per heavy atom. The van der Waals surface area contributed by atoms with Crippen LogP contribution in [-0.4, -0.2) is 5.84 Å². The van der Waals surface area contributed by atoms with Crippen LogP contribution in [0.15, 0.2) is 205 Å². The van der Waals surface area contributed by atoms with Gasteiger partial charge in [0.15, 0.2) is 0 Å². The van der Waals surface area contributed by atoms with E-state index in [1.807, 2.05) is 12.1 Å². The Morgan fingerprint density at radius 2 is 1.04 bits per heavy atom. The van der Waals surface area contributed by atoms with E-state index < -0.39 is 0 Å². The van der Waals surface area contributed by atoms with Gasteiger partial charge in [-0.1, -0.05) is 170 Å². The molecule has 0 aliphatic carbocycles. The van der Waals surface area contributed by atoms with Crippen LogP contribution in [-0.2, 0) is 0 Å². The second-order valence-electron chi connectivity index (χ2n) is 14.1. The summed E-state index contributed by atoms with van der Waals surface area (Å²) in [5.41, 5.74) is 10.2. The van der Waals surface area contributed by atoms with Crippen LogP contribution in [0.5, 0.6) is 0 Å². The first-order chi connectivity index (χ1) is 27.3. The fourth-order valence-corrected chi connectivity index (χ4v) is 8.07. The summed E-state index contributed by atoms with van der Waals surface area (Å²) >= 11 is 0. The summed E-state index contributed by atoms with van der Waals surface area (Å²) in [7, 11) is 0. The number of hydrogen-bond acceptors (Lipinski definition) is 4. The zero-order valence-corrected chi connectivity index (χ0v) is 30.2. The molecule has 1 aliphatic rings. The molecule has 3 N–H and O–H groups in total. The Kier molecular flexibility index (Phi) is 8.36. The van der Waals surface area contributed by atoms with E-state index in [0.29, 0.717) is 0 Å². The van der Waals surface area contributed by atoms with E-state index in [1.54, 1.807) is 0 Å². The molecule has 1 heterocycles. The third-order valence-corrected chi connectivity index (χ3v) is 10.7. The van der Waals surface area contributed by atoms with Crippen LogP contribution in [0, 0.1) is 0 Å². The highest BCUT2D eigenvalue weighted by molar-refractivity contribution is 6.26. The first kappa shape index (κ1) is 32.6. The minimum absolute atomic E-state index is 0.0847. The molecule has 0 saturated heterocycles. The smallest absolute Gasteiger partial charge is 0.131 e. The SMILES string of the molecule is c1ccc(Nc2ccccc2-c2cc3ccccc3c3cc(-c4ccc(C5=NC(c6ccccc6)NC(c6ccccc6)N5)cc4)c4ccccc4c23)cc1. The highest BCUT2D eigenvalue weighted by atomic mass is 15.3. The summed E-state index contributed by atoms with van der Waals surface area (Å²) in [6.07, 6.45) is -0.263. The third kappa shape index (κ3) is 6.19. The number of benzene rings is 9. The fourth-order valence-electron chi connectivity index (χ4n) is 8.07. The Bertz CT molecular complexity index is 2830. The number of anilines is 2. The minimum atomic E-state index is -0.178. The van der Waals surface area contributed by atoms with Crippen LogP contribution in [0.2, 0.25) is 0 Å². The second kappa shape index (κ2) is 14.1. The monoisotopic (exact) mass is 706 g/mol. The van der Waals surface area contributed by atoms with Crippen LogP contribution in [0.4, 0.5) is 11.4 Å². The normalized spacial score (nSPS) is 15.5. The lowest BCUT2D eigenvalue weighted by atomic mass is 9.86. The summed E-state index contributed by atoms with van der Waals surface area (Å²) in [5, 5.41) is 18.5. The molecule has 4 nitrogen and oxygen atoms in total. The molecule has 10 rings (SSSR count). The molecule has 4 heteroatoms. The van der Waals surface area contributed by atoms with E-state index in [4.69, 9.17) is 4.99 Å². The van der Waals surface area contributed by atoms with Gasteiger partial charge in [-0.25, -0.2) is 4.99 Å². The summed E-state index contributed by atoms with van der Waals surface area (Å²) in [6.45, 7) is 0. The highest BCUT2D eigenvalue weighted by Crippen LogP contribution is 2.45. The van der Waals surface area contributed by atoms with E-state index in [1.165, 1.54) is 54.6 Å². The second-order valence-corrected chi connectivity index (χ2v) is 14.1. The van der Waals surface area contributed by atoms with Crippen molar-refractivity contribution in [1.29, 1.82) is 0 Å². The number of nitrogens with one attached hydrogen (secondary N) is 3. The van der Waals surface area contributed by atoms with E-state index in [9.17, 15) is 0 Å². The molecule has 0 bridgehead atoms. The average Bonchev–Trinajstić information content (AvgIpc) is 3.27. The van der Waals surface area contributed by atoms with E-state index in [0.717, 1.165) is 33.9 Å². The number of amidine groups is 1. The van der Waals surface area contributed by atoms with Crippen molar-refractivity contribution in [2.45, 2.75) is 12.3 Å². The van der Waals surface area contributed by atoms with Gasteiger partial charge in [0.2, 0.25) is 0 Å². The van der Waals surface area contributed by atoms with Crippen LogP contribution in [0.25, 0.3) is 54.6 Å². The molecule has 2 unspecified atom stereocenters. The molecule has 2 atom stereocenters. The van der Waals surface area contributed by atoms with Gasteiger partial charge in [0.05, 0.1) is 0 Å². The van der Waals surface area contributed by atoms with Gasteiger partial charge in [-0.15, -0.1) is 0 Å². The summed E-state index contributed by atoms with van der Waals surface area (Å²) < 4.78 is 0. The molecule has 9 aromatic rings. The average molecular weight is 707 g/mol. The van der Waals surface area contributed by atoms with Crippen LogP contribution < -0.4 is 16.0 Å². The van der Waals surface area contributed by atoms with E-state index in [-0.39, 0.29) is 12.3 Å². The summed E-state index contributed by atoms with van der Waals surface area (Å²) in [4.78, 5) is 5.19. The summed E-state index contributed by atoms with van der Waals surface area (Å²) in [5.74, 6) is 0.870. The molecule has 0 aromatic heterocycles. The largest absolute Gasteiger partial charge is 0.355 e. The van der Waals surface area contributed by atoms with Crippen molar-refractivity contribution in [3.8, 4) is 22.3 Å². The molecule has 0 saturated carbocycles. The van der Waals surface area contributed by atoms with Gasteiger partial charge < -0.3 is 10.6 Å². The van der Waals surface area contributed by atoms with Gasteiger partial charge in [0.1, 0.15) is 18.2 Å². The van der Waals surface area contributed by atoms with Crippen molar-refractivity contribution in [2.75, 3.05) is 5.32 Å². The van der Waals surface area contributed by atoms with Gasteiger partial charge in [-0.2, -0.15) is 0 Å². The molecule has 1 aliphatic heterocycles. The molecule has 0 fully saturated rings. The van der Waals surface area contributed by atoms with Gasteiger partial charge >= 0.3 is 0 Å². The zero-order valence-electron chi connectivity index (χ0n) is 30.2. The number of nitrogens with zero attached hydrogens (tertiary/aromatic N) is 1. The first-order valence-electron chi connectivity index (χ1n) is 18.9. The lowest BCUT2D eigenvalue weighted by Crippen LogP contribution is -2.44. The third-order valence-electron chi connectivity index (χ3n) is 10.7. The fraction of sp³-hybridized carbons (Fsp3) is 0.0392. The maximum absolute atomic E-state index is 5.19. The number of fused-ring (bicyclic) bond motifs is 5. The summed E-state index contributed by atoms with van der Waals surface area (Å²) in [6, 6.07) is 71.3. The van der Waals surface area contributed by atoms with E-state index in [2.05, 4.69) is 204 Å². The molecular weight excluding hydrogens is 669 g/mol. The van der Waals surface area contributed by atoms with Crippen molar-refractivity contribution < 1.29 is 0 Å².